The number of benzene rings is 1. The van der Waals surface area contributed by atoms with Gasteiger partial charge >= 0.3 is 0 Å². The maximum atomic E-state index is 13.3. The zero-order chi connectivity index (χ0) is 12.3. The maximum Gasteiger partial charge on any atom is 0.137 e. The molecule has 4 heteroatoms. The van der Waals surface area contributed by atoms with Crippen LogP contribution < -0.4 is 5.32 Å². The fraction of sp³-hybridized carbons (Fsp3) is 0.538. The number of halogens is 2. The van der Waals surface area contributed by atoms with Crippen LogP contribution in [-0.2, 0) is 6.54 Å². The highest BCUT2D eigenvalue weighted by molar-refractivity contribution is 9.10. The van der Waals surface area contributed by atoms with Crippen LogP contribution in [0.2, 0.25) is 0 Å². The Kier molecular flexibility index (Phi) is 4.54. The molecule has 1 unspecified atom stereocenters. The molecule has 0 spiro atoms. The van der Waals surface area contributed by atoms with Crippen LogP contribution in [-0.4, -0.2) is 31.6 Å². The SMILES string of the molecule is CN1CCC(CNCc2cccc(F)c2Br)C1. The molecule has 1 saturated heterocycles. The largest absolute Gasteiger partial charge is 0.312 e. The van der Waals surface area contributed by atoms with Crippen molar-refractivity contribution in [2.24, 2.45) is 5.92 Å². The predicted molar refractivity (Wildman–Crippen MR) is 71.4 cm³/mol. The summed E-state index contributed by atoms with van der Waals surface area (Å²) in [5.74, 6) is 0.539. The van der Waals surface area contributed by atoms with Gasteiger partial charge in [-0.2, -0.15) is 0 Å². The summed E-state index contributed by atoms with van der Waals surface area (Å²) in [6.45, 7) is 4.08. The van der Waals surface area contributed by atoms with E-state index in [0.29, 0.717) is 4.47 Å². The molecule has 0 aliphatic carbocycles. The first-order valence-electron chi connectivity index (χ1n) is 5.99. The third kappa shape index (κ3) is 3.50. The Balaban J connectivity index is 1.80. The number of likely N-dealkylation sites (tertiary alicyclic amines) is 1. The summed E-state index contributed by atoms with van der Waals surface area (Å²) >= 11 is 3.28. The number of nitrogens with one attached hydrogen (secondary N) is 1. The maximum absolute atomic E-state index is 13.3. The molecule has 1 aromatic rings. The molecule has 0 amide bonds. The Labute approximate surface area is 110 Å². The Hall–Kier alpha value is -0.450. The normalized spacial score (nSPS) is 21.0. The highest BCUT2D eigenvalue weighted by atomic mass is 79.9. The summed E-state index contributed by atoms with van der Waals surface area (Å²) in [4.78, 5) is 2.35. The van der Waals surface area contributed by atoms with Crippen molar-refractivity contribution in [1.82, 2.24) is 10.2 Å². The van der Waals surface area contributed by atoms with E-state index in [1.807, 2.05) is 6.07 Å². The minimum Gasteiger partial charge on any atom is -0.312 e. The second kappa shape index (κ2) is 5.94. The number of nitrogens with zero attached hydrogens (tertiary/aromatic N) is 1. The molecule has 1 aliphatic rings. The van der Waals surface area contributed by atoms with Crippen LogP contribution in [0.25, 0.3) is 0 Å². The van der Waals surface area contributed by atoms with E-state index in [1.165, 1.54) is 19.0 Å². The third-order valence-electron chi connectivity index (χ3n) is 3.27. The summed E-state index contributed by atoms with van der Waals surface area (Å²) in [5, 5.41) is 3.41. The van der Waals surface area contributed by atoms with Gasteiger partial charge in [0, 0.05) is 13.1 Å². The number of hydrogen-bond acceptors (Lipinski definition) is 2. The first-order valence-corrected chi connectivity index (χ1v) is 6.78. The molecule has 0 saturated carbocycles. The highest BCUT2D eigenvalue weighted by Crippen LogP contribution is 2.20. The van der Waals surface area contributed by atoms with Crippen LogP contribution in [0.3, 0.4) is 0 Å². The monoisotopic (exact) mass is 300 g/mol. The summed E-state index contributed by atoms with van der Waals surface area (Å²) in [5.41, 5.74) is 0.983. The molecular weight excluding hydrogens is 283 g/mol. The summed E-state index contributed by atoms with van der Waals surface area (Å²) in [7, 11) is 2.16. The lowest BCUT2D eigenvalue weighted by Crippen LogP contribution is -2.24. The van der Waals surface area contributed by atoms with Crippen molar-refractivity contribution >= 4 is 15.9 Å². The van der Waals surface area contributed by atoms with Gasteiger partial charge in [-0.15, -0.1) is 0 Å². The van der Waals surface area contributed by atoms with Gasteiger partial charge in [-0.1, -0.05) is 12.1 Å². The van der Waals surface area contributed by atoms with Crippen molar-refractivity contribution in [3.63, 3.8) is 0 Å². The fourth-order valence-electron chi connectivity index (χ4n) is 2.29. The van der Waals surface area contributed by atoms with E-state index in [2.05, 4.69) is 33.2 Å². The minimum absolute atomic E-state index is 0.190. The Bertz CT molecular complexity index is 384. The average Bonchev–Trinajstić information content (AvgIpc) is 2.70. The van der Waals surface area contributed by atoms with E-state index >= 15 is 0 Å². The summed E-state index contributed by atoms with van der Waals surface area (Å²) < 4.78 is 13.9. The van der Waals surface area contributed by atoms with Crippen LogP contribution in [0.5, 0.6) is 0 Å². The van der Waals surface area contributed by atoms with E-state index in [-0.39, 0.29) is 5.82 Å². The minimum atomic E-state index is -0.190. The first-order chi connectivity index (χ1) is 8.16. The topological polar surface area (TPSA) is 15.3 Å². The third-order valence-corrected chi connectivity index (χ3v) is 4.16. The van der Waals surface area contributed by atoms with Gasteiger partial charge in [-0.05, 0) is 60.0 Å². The molecule has 94 valence electrons. The standard InChI is InChI=1S/C13H18BrFN2/c1-17-6-5-10(9-17)7-16-8-11-3-2-4-12(15)13(11)14/h2-4,10,16H,5-9H2,1H3. The highest BCUT2D eigenvalue weighted by Gasteiger charge is 2.18. The quantitative estimate of drug-likeness (QED) is 0.920. The van der Waals surface area contributed by atoms with Crippen molar-refractivity contribution in [3.8, 4) is 0 Å². The van der Waals surface area contributed by atoms with Gasteiger partial charge in [0.25, 0.3) is 0 Å². The molecule has 1 N–H and O–H groups in total. The lowest BCUT2D eigenvalue weighted by atomic mass is 10.1. The van der Waals surface area contributed by atoms with Gasteiger partial charge in [0.05, 0.1) is 4.47 Å². The molecule has 1 heterocycles. The van der Waals surface area contributed by atoms with Gasteiger partial charge in [-0.3, -0.25) is 0 Å². The van der Waals surface area contributed by atoms with E-state index < -0.39 is 0 Å². The van der Waals surface area contributed by atoms with E-state index in [0.717, 1.165) is 31.1 Å². The molecular formula is C13H18BrFN2. The average molecular weight is 301 g/mol. The molecule has 1 aliphatic heterocycles. The lowest BCUT2D eigenvalue weighted by molar-refractivity contribution is 0.388. The van der Waals surface area contributed by atoms with Gasteiger partial charge in [0.2, 0.25) is 0 Å². The summed E-state index contributed by atoms with van der Waals surface area (Å²) in [6.07, 6.45) is 1.26. The Morgan fingerprint density at radius 2 is 2.35 bits per heavy atom. The van der Waals surface area contributed by atoms with E-state index in [4.69, 9.17) is 0 Å². The Morgan fingerprint density at radius 3 is 3.06 bits per heavy atom. The number of rotatable bonds is 4. The molecule has 0 aromatic heterocycles. The van der Waals surface area contributed by atoms with Gasteiger partial charge in [0.15, 0.2) is 0 Å². The molecule has 1 aromatic carbocycles. The van der Waals surface area contributed by atoms with Crippen molar-refractivity contribution in [3.05, 3.63) is 34.1 Å². The van der Waals surface area contributed by atoms with Crippen molar-refractivity contribution in [2.45, 2.75) is 13.0 Å². The van der Waals surface area contributed by atoms with Crippen LogP contribution in [0.15, 0.2) is 22.7 Å². The van der Waals surface area contributed by atoms with E-state index in [9.17, 15) is 4.39 Å². The Morgan fingerprint density at radius 1 is 1.53 bits per heavy atom. The molecule has 17 heavy (non-hydrogen) atoms. The van der Waals surface area contributed by atoms with E-state index in [1.54, 1.807) is 6.07 Å². The zero-order valence-electron chi connectivity index (χ0n) is 10.0. The molecule has 2 nitrogen and oxygen atoms in total. The zero-order valence-corrected chi connectivity index (χ0v) is 11.6. The van der Waals surface area contributed by atoms with Gasteiger partial charge in [0.1, 0.15) is 5.82 Å². The van der Waals surface area contributed by atoms with Crippen molar-refractivity contribution in [2.75, 3.05) is 26.7 Å². The van der Waals surface area contributed by atoms with Crippen LogP contribution in [0.1, 0.15) is 12.0 Å². The number of hydrogen-bond donors (Lipinski definition) is 1. The molecule has 1 atom stereocenters. The lowest BCUT2D eigenvalue weighted by Gasteiger charge is -2.12. The van der Waals surface area contributed by atoms with Crippen molar-refractivity contribution < 1.29 is 4.39 Å². The molecule has 2 rings (SSSR count). The smallest absolute Gasteiger partial charge is 0.137 e. The second-order valence-corrected chi connectivity index (χ2v) is 5.55. The van der Waals surface area contributed by atoms with Gasteiger partial charge in [-0.25, -0.2) is 4.39 Å². The molecule has 0 bridgehead atoms. The second-order valence-electron chi connectivity index (χ2n) is 4.76. The fourth-order valence-corrected chi connectivity index (χ4v) is 2.69. The van der Waals surface area contributed by atoms with Crippen LogP contribution in [0.4, 0.5) is 4.39 Å². The van der Waals surface area contributed by atoms with Crippen molar-refractivity contribution in [1.29, 1.82) is 0 Å². The van der Waals surface area contributed by atoms with Crippen LogP contribution >= 0.6 is 15.9 Å². The predicted octanol–water partition coefficient (Wildman–Crippen LogP) is 2.63. The summed E-state index contributed by atoms with van der Waals surface area (Å²) in [6, 6.07) is 5.17. The van der Waals surface area contributed by atoms with Crippen LogP contribution in [0, 0.1) is 11.7 Å². The molecule has 1 fully saturated rings. The molecule has 0 radical (unpaired) electrons. The first kappa shape index (κ1) is 13.0. The van der Waals surface area contributed by atoms with Gasteiger partial charge < -0.3 is 10.2 Å².